The minimum absolute atomic E-state index is 0.170. The molecule has 0 aromatic carbocycles. The van der Waals surface area contributed by atoms with Crippen LogP contribution in [0.4, 0.5) is 0 Å². The van der Waals surface area contributed by atoms with E-state index in [1.807, 2.05) is 6.92 Å². The van der Waals surface area contributed by atoms with Crippen LogP contribution in [0.3, 0.4) is 0 Å². The van der Waals surface area contributed by atoms with Gasteiger partial charge in [0, 0.05) is 13.1 Å². The molecular formula is C12H18N2OS. The van der Waals surface area contributed by atoms with Gasteiger partial charge < -0.3 is 10.6 Å². The molecule has 1 aromatic rings. The first-order valence-electron chi connectivity index (χ1n) is 5.62. The minimum Gasteiger partial charge on any atom is -0.351 e. The highest BCUT2D eigenvalue weighted by Gasteiger charge is 2.35. The maximum atomic E-state index is 12.0. The first kappa shape index (κ1) is 11.6. The number of carbonyl (C=O) groups excluding carboxylic acids is 1. The average Bonchev–Trinajstić information content (AvgIpc) is 2.85. The summed E-state index contributed by atoms with van der Waals surface area (Å²) in [4.78, 5) is 12.0. The molecular weight excluding hydrogens is 220 g/mol. The Bertz CT molecular complexity index is 380. The number of carbonyl (C=O) groups is 1. The van der Waals surface area contributed by atoms with Gasteiger partial charge in [0.1, 0.15) is 0 Å². The fourth-order valence-corrected chi connectivity index (χ4v) is 2.82. The lowest BCUT2D eigenvalue weighted by Gasteiger charge is -2.21. The Morgan fingerprint density at radius 2 is 2.44 bits per heavy atom. The summed E-state index contributed by atoms with van der Waals surface area (Å²) in [5.74, 6) is 0.170. The van der Waals surface area contributed by atoms with Gasteiger partial charge in [-0.1, -0.05) is 0 Å². The molecule has 1 aliphatic heterocycles. The fraction of sp³-hybridized carbons (Fsp3) is 0.583. The van der Waals surface area contributed by atoms with Gasteiger partial charge in [-0.25, -0.2) is 0 Å². The topological polar surface area (TPSA) is 41.1 Å². The molecule has 0 saturated carbocycles. The summed E-state index contributed by atoms with van der Waals surface area (Å²) in [6.45, 7) is 6.51. The van der Waals surface area contributed by atoms with E-state index in [-0.39, 0.29) is 11.3 Å². The molecule has 1 fully saturated rings. The number of aryl methyl sites for hydroxylation is 1. The van der Waals surface area contributed by atoms with Gasteiger partial charge in [0.15, 0.2) is 0 Å². The van der Waals surface area contributed by atoms with Crippen molar-refractivity contribution in [3.05, 3.63) is 21.9 Å². The van der Waals surface area contributed by atoms with Crippen LogP contribution in [-0.2, 0) is 11.3 Å². The minimum atomic E-state index is -0.218. The van der Waals surface area contributed by atoms with Crippen LogP contribution in [0.1, 0.15) is 24.5 Å². The van der Waals surface area contributed by atoms with Crippen molar-refractivity contribution in [1.82, 2.24) is 10.6 Å². The quantitative estimate of drug-likeness (QED) is 0.841. The molecule has 1 unspecified atom stereocenters. The second-order valence-corrected chi connectivity index (χ2v) is 5.49. The molecule has 1 saturated heterocycles. The largest absolute Gasteiger partial charge is 0.351 e. The zero-order valence-corrected chi connectivity index (χ0v) is 10.6. The first-order chi connectivity index (χ1) is 7.62. The van der Waals surface area contributed by atoms with Crippen LogP contribution in [0.2, 0.25) is 0 Å². The second kappa shape index (κ2) is 4.55. The molecule has 0 bridgehead atoms. The van der Waals surface area contributed by atoms with E-state index < -0.39 is 0 Å². The van der Waals surface area contributed by atoms with Crippen LogP contribution in [0.5, 0.6) is 0 Å². The number of thiophene rings is 1. The zero-order valence-electron chi connectivity index (χ0n) is 9.80. The standard InChI is InChI=1S/C12H18N2OS/c1-9-6-16-7-10(9)5-14-11(15)12(2)3-4-13-8-12/h6-7,13H,3-5,8H2,1-2H3,(H,14,15). The lowest BCUT2D eigenvalue weighted by molar-refractivity contribution is -0.129. The number of amides is 1. The highest BCUT2D eigenvalue weighted by atomic mass is 32.1. The lowest BCUT2D eigenvalue weighted by Crippen LogP contribution is -2.40. The normalized spacial score (nSPS) is 24.6. The van der Waals surface area contributed by atoms with E-state index in [4.69, 9.17) is 0 Å². The maximum absolute atomic E-state index is 12.0. The molecule has 2 heterocycles. The molecule has 16 heavy (non-hydrogen) atoms. The fourth-order valence-electron chi connectivity index (χ4n) is 1.97. The van der Waals surface area contributed by atoms with E-state index in [1.165, 1.54) is 11.1 Å². The van der Waals surface area contributed by atoms with Crippen LogP contribution in [0, 0.1) is 12.3 Å². The number of hydrogen-bond acceptors (Lipinski definition) is 3. The molecule has 0 aliphatic carbocycles. The SMILES string of the molecule is Cc1cscc1CNC(=O)C1(C)CCNC1. The van der Waals surface area contributed by atoms with E-state index in [9.17, 15) is 4.79 Å². The van der Waals surface area contributed by atoms with Crippen molar-refractivity contribution in [1.29, 1.82) is 0 Å². The van der Waals surface area contributed by atoms with Crippen LogP contribution < -0.4 is 10.6 Å². The van der Waals surface area contributed by atoms with Crippen LogP contribution >= 0.6 is 11.3 Å². The third-order valence-corrected chi connectivity index (χ3v) is 4.23. The smallest absolute Gasteiger partial charge is 0.227 e. The van der Waals surface area contributed by atoms with Gasteiger partial charge in [0.25, 0.3) is 0 Å². The molecule has 0 spiro atoms. The summed E-state index contributed by atoms with van der Waals surface area (Å²) < 4.78 is 0. The summed E-state index contributed by atoms with van der Waals surface area (Å²) in [6, 6.07) is 0. The molecule has 1 aromatic heterocycles. The Balaban J connectivity index is 1.91. The monoisotopic (exact) mass is 238 g/mol. The van der Waals surface area contributed by atoms with Gasteiger partial charge in [-0.15, -0.1) is 0 Å². The molecule has 1 amide bonds. The summed E-state index contributed by atoms with van der Waals surface area (Å²) in [7, 11) is 0. The third-order valence-electron chi connectivity index (χ3n) is 3.32. The van der Waals surface area contributed by atoms with Crippen molar-refractivity contribution >= 4 is 17.2 Å². The van der Waals surface area contributed by atoms with E-state index in [1.54, 1.807) is 11.3 Å². The van der Waals surface area contributed by atoms with Crippen molar-refractivity contribution in [2.75, 3.05) is 13.1 Å². The van der Waals surface area contributed by atoms with Crippen molar-refractivity contribution in [2.24, 2.45) is 5.41 Å². The number of hydrogen-bond donors (Lipinski definition) is 2. The highest BCUT2D eigenvalue weighted by molar-refractivity contribution is 7.08. The molecule has 4 heteroatoms. The summed E-state index contributed by atoms with van der Waals surface area (Å²) in [5, 5.41) is 10.5. The van der Waals surface area contributed by atoms with E-state index in [0.717, 1.165) is 19.5 Å². The highest BCUT2D eigenvalue weighted by Crippen LogP contribution is 2.24. The van der Waals surface area contributed by atoms with Crippen molar-refractivity contribution < 1.29 is 4.79 Å². The van der Waals surface area contributed by atoms with Gasteiger partial charge in [0.2, 0.25) is 5.91 Å². The predicted octanol–water partition coefficient (Wildman–Crippen LogP) is 1.67. The van der Waals surface area contributed by atoms with Gasteiger partial charge in [-0.05, 0) is 48.7 Å². The summed E-state index contributed by atoms with van der Waals surface area (Å²) in [5.41, 5.74) is 2.28. The molecule has 88 valence electrons. The lowest BCUT2D eigenvalue weighted by atomic mass is 9.89. The number of rotatable bonds is 3. The molecule has 2 N–H and O–H groups in total. The molecule has 1 atom stereocenters. The Morgan fingerprint density at radius 3 is 3.00 bits per heavy atom. The van der Waals surface area contributed by atoms with Gasteiger partial charge >= 0.3 is 0 Å². The zero-order chi connectivity index (χ0) is 11.6. The van der Waals surface area contributed by atoms with E-state index >= 15 is 0 Å². The Kier molecular flexibility index (Phi) is 3.30. The average molecular weight is 238 g/mol. The van der Waals surface area contributed by atoms with Crippen LogP contribution in [0.25, 0.3) is 0 Å². The Labute approximate surface area is 100 Å². The maximum Gasteiger partial charge on any atom is 0.227 e. The molecule has 3 nitrogen and oxygen atoms in total. The summed E-state index contributed by atoms with van der Waals surface area (Å²) in [6.07, 6.45) is 0.932. The summed E-state index contributed by atoms with van der Waals surface area (Å²) >= 11 is 1.69. The van der Waals surface area contributed by atoms with Crippen molar-refractivity contribution in [3.63, 3.8) is 0 Å². The van der Waals surface area contributed by atoms with Gasteiger partial charge in [0.05, 0.1) is 5.41 Å². The van der Waals surface area contributed by atoms with Crippen LogP contribution in [-0.4, -0.2) is 19.0 Å². The van der Waals surface area contributed by atoms with E-state index in [0.29, 0.717) is 6.54 Å². The molecule has 0 radical (unpaired) electrons. The third kappa shape index (κ3) is 2.28. The molecule has 2 rings (SSSR count). The second-order valence-electron chi connectivity index (χ2n) is 4.75. The first-order valence-corrected chi connectivity index (χ1v) is 6.57. The van der Waals surface area contributed by atoms with E-state index in [2.05, 4.69) is 28.3 Å². The Morgan fingerprint density at radius 1 is 1.62 bits per heavy atom. The van der Waals surface area contributed by atoms with Gasteiger partial charge in [-0.3, -0.25) is 4.79 Å². The van der Waals surface area contributed by atoms with Gasteiger partial charge in [-0.2, -0.15) is 11.3 Å². The molecule has 1 aliphatic rings. The predicted molar refractivity (Wildman–Crippen MR) is 66.5 cm³/mol. The van der Waals surface area contributed by atoms with Crippen LogP contribution in [0.15, 0.2) is 10.8 Å². The Hall–Kier alpha value is -0.870. The van der Waals surface area contributed by atoms with Crippen molar-refractivity contribution in [3.8, 4) is 0 Å². The number of nitrogens with one attached hydrogen (secondary N) is 2. The van der Waals surface area contributed by atoms with Crippen molar-refractivity contribution in [2.45, 2.75) is 26.8 Å².